The molecular formula is C31H31N5O3. The number of aromatic amines is 1. The minimum atomic E-state index is -0.947. The lowest BCUT2D eigenvalue weighted by Crippen LogP contribution is -2.41. The van der Waals surface area contributed by atoms with Gasteiger partial charge in [0.05, 0.1) is 28.7 Å². The Hall–Kier alpha value is -4.04. The minimum absolute atomic E-state index is 0.0704. The SMILES string of the molecule is CC12C=C3C=CC(=N3)C=c3ccc([nH]3)=CC3=NC(c4cnc(C5CCOCC5)o4)(C=C3)C=C(N1)C(C)(C)C2=O. The summed E-state index contributed by atoms with van der Waals surface area (Å²) in [5, 5.41) is 5.41. The molecule has 2 fully saturated rings. The number of allylic oxidation sites excluding steroid dienone is 4. The summed E-state index contributed by atoms with van der Waals surface area (Å²) in [7, 11) is 0. The molecule has 8 nitrogen and oxygen atoms in total. The predicted octanol–water partition coefficient (Wildman–Crippen LogP) is 3.11. The van der Waals surface area contributed by atoms with Gasteiger partial charge in [-0.2, -0.15) is 0 Å². The van der Waals surface area contributed by atoms with Crippen LogP contribution in [0.2, 0.25) is 0 Å². The molecule has 2 aromatic heterocycles. The van der Waals surface area contributed by atoms with Crippen molar-refractivity contribution in [1.29, 1.82) is 0 Å². The van der Waals surface area contributed by atoms with Gasteiger partial charge >= 0.3 is 0 Å². The number of hydrogen-bond donors (Lipinski definition) is 2. The molecular weight excluding hydrogens is 490 g/mol. The van der Waals surface area contributed by atoms with Gasteiger partial charge in [-0.25, -0.2) is 9.98 Å². The molecule has 0 aliphatic carbocycles. The van der Waals surface area contributed by atoms with Gasteiger partial charge in [0.2, 0.25) is 0 Å². The predicted molar refractivity (Wildman–Crippen MR) is 150 cm³/mol. The van der Waals surface area contributed by atoms with Crippen LogP contribution in [0.5, 0.6) is 0 Å². The monoisotopic (exact) mass is 521 g/mol. The molecule has 2 aromatic rings. The first-order chi connectivity index (χ1) is 18.7. The van der Waals surface area contributed by atoms with Crippen molar-refractivity contribution in [3.05, 3.63) is 88.5 Å². The third-order valence-electron chi connectivity index (χ3n) is 8.24. The molecule has 198 valence electrons. The number of oxazole rings is 1. The van der Waals surface area contributed by atoms with Gasteiger partial charge in [0.25, 0.3) is 0 Å². The first-order valence-electron chi connectivity index (χ1n) is 13.5. The number of aliphatic imine (C=N–C) groups is 2. The number of carbonyl (C=O) groups excluding carboxylic acids is 1. The Morgan fingerprint density at radius 1 is 0.974 bits per heavy atom. The van der Waals surface area contributed by atoms with Crippen LogP contribution in [0.25, 0.3) is 12.2 Å². The molecule has 5 aliphatic heterocycles. The smallest absolute Gasteiger partial charge is 0.197 e. The average Bonchev–Trinajstić information content (AvgIpc) is 3.73. The van der Waals surface area contributed by atoms with E-state index in [-0.39, 0.29) is 11.7 Å². The Bertz CT molecular complexity index is 1690. The van der Waals surface area contributed by atoms with Crippen LogP contribution in [0.4, 0.5) is 0 Å². The Kier molecular flexibility index (Phi) is 5.23. The first kappa shape index (κ1) is 24.0. The number of carbonyl (C=O) groups is 1. The van der Waals surface area contributed by atoms with Crippen LogP contribution in [-0.2, 0) is 15.1 Å². The molecule has 2 saturated heterocycles. The number of nitrogens with zero attached hydrogens (tertiary/aromatic N) is 3. The Labute approximate surface area is 226 Å². The first-order valence-corrected chi connectivity index (χ1v) is 13.5. The second-order valence-electron chi connectivity index (χ2n) is 11.6. The van der Waals surface area contributed by atoms with E-state index >= 15 is 0 Å². The maximum atomic E-state index is 13.9. The Balaban J connectivity index is 1.42. The van der Waals surface area contributed by atoms with Crippen LogP contribution in [0.1, 0.15) is 51.2 Å². The number of ether oxygens (including phenoxy) is 1. The maximum Gasteiger partial charge on any atom is 0.197 e. The molecule has 0 radical (unpaired) electrons. The summed E-state index contributed by atoms with van der Waals surface area (Å²) in [6.45, 7) is 7.23. The van der Waals surface area contributed by atoms with E-state index in [0.717, 1.165) is 46.4 Å². The third-order valence-corrected chi connectivity index (χ3v) is 8.24. The lowest BCUT2D eigenvalue weighted by atomic mass is 9.79. The molecule has 0 saturated carbocycles. The van der Waals surface area contributed by atoms with Gasteiger partial charge in [-0.3, -0.25) is 9.79 Å². The van der Waals surface area contributed by atoms with Crippen LogP contribution in [0.15, 0.2) is 80.6 Å². The van der Waals surface area contributed by atoms with E-state index in [0.29, 0.717) is 24.9 Å². The molecule has 5 aliphatic rings. The molecule has 2 atom stereocenters. The zero-order valence-electron chi connectivity index (χ0n) is 22.3. The molecule has 39 heavy (non-hydrogen) atoms. The third kappa shape index (κ3) is 4.01. The van der Waals surface area contributed by atoms with Crippen LogP contribution in [0.3, 0.4) is 0 Å². The van der Waals surface area contributed by atoms with Crippen LogP contribution >= 0.6 is 0 Å². The van der Waals surface area contributed by atoms with Crippen molar-refractivity contribution in [2.45, 2.75) is 50.6 Å². The van der Waals surface area contributed by atoms with Gasteiger partial charge in [-0.05, 0) is 94.4 Å². The summed E-state index contributed by atoms with van der Waals surface area (Å²) in [5.41, 5.74) is 0.507. The number of hydrogen-bond acceptors (Lipinski definition) is 7. The number of H-pyrrole nitrogens is 1. The van der Waals surface area contributed by atoms with Crippen molar-refractivity contribution in [1.82, 2.24) is 15.3 Å². The summed E-state index contributed by atoms with van der Waals surface area (Å²) in [5.74, 6) is 1.63. The Morgan fingerprint density at radius 3 is 2.54 bits per heavy atom. The Morgan fingerprint density at radius 2 is 1.74 bits per heavy atom. The number of aromatic nitrogens is 2. The molecule has 7 rings (SSSR count). The average molecular weight is 522 g/mol. The largest absolute Gasteiger partial charge is 0.442 e. The molecule has 8 bridgehead atoms. The number of Topliss-reactive ketones (excluding diaryl/α,β-unsaturated/α-hetero) is 1. The lowest BCUT2D eigenvalue weighted by Gasteiger charge is -2.23. The van der Waals surface area contributed by atoms with Crippen molar-refractivity contribution in [2.75, 3.05) is 13.2 Å². The van der Waals surface area contributed by atoms with Crippen molar-refractivity contribution in [3.8, 4) is 0 Å². The van der Waals surface area contributed by atoms with Crippen molar-refractivity contribution < 1.29 is 13.9 Å². The van der Waals surface area contributed by atoms with E-state index in [1.54, 1.807) is 6.20 Å². The van der Waals surface area contributed by atoms with Crippen LogP contribution < -0.4 is 16.0 Å². The second kappa shape index (κ2) is 8.48. The molecule has 7 heterocycles. The molecule has 0 aromatic carbocycles. The summed E-state index contributed by atoms with van der Waals surface area (Å²) in [6, 6.07) is 4.04. The van der Waals surface area contributed by atoms with Crippen molar-refractivity contribution >= 4 is 29.4 Å². The minimum Gasteiger partial charge on any atom is -0.442 e. The lowest BCUT2D eigenvalue weighted by molar-refractivity contribution is -0.126. The van der Waals surface area contributed by atoms with E-state index in [9.17, 15) is 4.79 Å². The fraction of sp³-hybridized carbons (Fsp3) is 0.355. The van der Waals surface area contributed by atoms with E-state index < -0.39 is 16.5 Å². The number of ketones is 1. The fourth-order valence-electron chi connectivity index (χ4n) is 6.05. The topological polar surface area (TPSA) is 105 Å². The zero-order valence-corrected chi connectivity index (χ0v) is 22.3. The van der Waals surface area contributed by atoms with Gasteiger partial charge in [0.1, 0.15) is 5.54 Å². The number of fused-ring (bicyclic) bond motifs is 6. The van der Waals surface area contributed by atoms with Crippen LogP contribution in [0, 0.1) is 5.41 Å². The van der Waals surface area contributed by atoms with Crippen molar-refractivity contribution in [3.63, 3.8) is 0 Å². The normalized spacial score (nSPS) is 29.3. The summed E-state index contributed by atoms with van der Waals surface area (Å²) in [4.78, 5) is 31.9. The van der Waals surface area contributed by atoms with E-state index in [1.807, 2.05) is 81.5 Å². The van der Waals surface area contributed by atoms with E-state index in [1.165, 1.54) is 0 Å². The molecule has 8 heteroatoms. The van der Waals surface area contributed by atoms with Gasteiger partial charge < -0.3 is 19.5 Å². The molecule has 0 amide bonds. The summed E-state index contributed by atoms with van der Waals surface area (Å²) >= 11 is 0. The van der Waals surface area contributed by atoms with Gasteiger partial charge in [0, 0.05) is 35.5 Å². The molecule has 0 spiro atoms. The fourth-order valence-corrected chi connectivity index (χ4v) is 6.05. The quantitative estimate of drug-likeness (QED) is 0.632. The molecule has 2 unspecified atom stereocenters. The van der Waals surface area contributed by atoms with E-state index in [4.69, 9.17) is 19.1 Å². The van der Waals surface area contributed by atoms with Crippen LogP contribution in [-0.4, -0.2) is 45.9 Å². The number of rotatable bonds is 2. The van der Waals surface area contributed by atoms with Gasteiger partial charge in [0.15, 0.2) is 23.0 Å². The highest BCUT2D eigenvalue weighted by Crippen LogP contribution is 2.44. The molecule has 2 N–H and O–H groups in total. The summed E-state index contributed by atoms with van der Waals surface area (Å²) < 4.78 is 12.0. The highest BCUT2D eigenvalue weighted by Gasteiger charge is 2.52. The van der Waals surface area contributed by atoms with Gasteiger partial charge in [-0.15, -0.1) is 0 Å². The highest BCUT2D eigenvalue weighted by atomic mass is 16.5. The maximum absolute atomic E-state index is 13.9. The zero-order chi connectivity index (χ0) is 26.8. The highest BCUT2D eigenvalue weighted by molar-refractivity contribution is 6.20. The number of nitrogens with one attached hydrogen (secondary N) is 2. The van der Waals surface area contributed by atoms with Gasteiger partial charge in [-0.1, -0.05) is 0 Å². The van der Waals surface area contributed by atoms with E-state index in [2.05, 4.69) is 15.3 Å². The second-order valence-corrected chi connectivity index (χ2v) is 11.6. The summed E-state index contributed by atoms with van der Waals surface area (Å²) in [6.07, 6.45) is 19.4. The standard InChI is InChI=1S/C31H31N5O3/c1-29(2)25-17-31(26-18-32-27(39-26)19-9-12-38-13-10-19)11-8-23(35-31)15-22-5-4-20(33-22)14-21-6-7-24(34-21)16-30(3,36-25)28(29)37/h4-8,11,14-19,33,36H,9-10,12-13H2,1-3H3. The van der Waals surface area contributed by atoms with Crippen molar-refractivity contribution in [2.24, 2.45) is 15.4 Å².